The number of imidazole rings is 1. The maximum atomic E-state index is 12.6. The second kappa shape index (κ2) is 2.94. The molecule has 0 aliphatic heterocycles. The van der Waals surface area contributed by atoms with Crippen molar-refractivity contribution in [2.75, 3.05) is 5.73 Å². The molecular formula is C9H9F2N3. The number of alkyl halides is 2. The predicted octanol–water partition coefficient (Wildman–Crippen LogP) is 2.16. The van der Waals surface area contributed by atoms with E-state index in [1.54, 1.807) is 19.3 Å². The lowest BCUT2D eigenvalue weighted by atomic mass is 10.2. The lowest BCUT2D eigenvalue weighted by Crippen LogP contribution is -1.96. The smallest absolute Gasteiger partial charge is 0.267 e. The summed E-state index contributed by atoms with van der Waals surface area (Å²) in [6.07, 6.45) is 0.682. The van der Waals surface area contributed by atoms with Gasteiger partial charge in [0, 0.05) is 18.1 Å². The molecule has 3 nitrogen and oxygen atoms in total. The quantitative estimate of drug-likeness (QED) is 0.761. The van der Waals surface area contributed by atoms with Crippen LogP contribution in [0.15, 0.2) is 18.5 Å². The van der Waals surface area contributed by atoms with Crippen LogP contribution in [0.5, 0.6) is 0 Å². The number of anilines is 1. The minimum Gasteiger partial charge on any atom is -0.398 e. The standard InChI is InChI=1S/C9H9F2N3/c1-5-3-14-4-6(12)2-7(8(10)11)9(14)13-5/h2-4,8H,12H2,1H3. The molecule has 0 aliphatic carbocycles. The topological polar surface area (TPSA) is 43.3 Å². The van der Waals surface area contributed by atoms with Gasteiger partial charge < -0.3 is 10.1 Å². The van der Waals surface area contributed by atoms with Gasteiger partial charge in [-0.1, -0.05) is 0 Å². The van der Waals surface area contributed by atoms with E-state index in [0.29, 0.717) is 11.4 Å². The minimum atomic E-state index is -2.55. The van der Waals surface area contributed by atoms with Gasteiger partial charge in [-0.25, -0.2) is 13.8 Å². The molecule has 0 fully saturated rings. The van der Waals surface area contributed by atoms with Crippen molar-refractivity contribution in [3.05, 3.63) is 29.7 Å². The van der Waals surface area contributed by atoms with Crippen LogP contribution in [-0.4, -0.2) is 9.38 Å². The van der Waals surface area contributed by atoms with Crippen molar-refractivity contribution in [3.8, 4) is 0 Å². The van der Waals surface area contributed by atoms with E-state index in [0.717, 1.165) is 0 Å². The summed E-state index contributed by atoms with van der Waals surface area (Å²) >= 11 is 0. The van der Waals surface area contributed by atoms with Crippen molar-refractivity contribution < 1.29 is 8.78 Å². The van der Waals surface area contributed by atoms with E-state index in [4.69, 9.17) is 5.73 Å². The highest BCUT2D eigenvalue weighted by Gasteiger charge is 2.14. The molecule has 74 valence electrons. The Morgan fingerprint density at radius 3 is 2.79 bits per heavy atom. The van der Waals surface area contributed by atoms with Gasteiger partial charge in [0.25, 0.3) is 6.43 Å². The molecule has 0 radical (unpaired) electrons. The fourth-order valence-electron chi connectivity index (χ4n) is 1.43. The van der Waals surface area contributed by atoms with E-state index in [1.165, 1.54) is 10.5 Å². The Hall–Kier alpha value is -1.65. The van der Waals surface area contributed by atoms with Gasteiger partial charge >= 0.3 is 0 Å². The summed E-state index contributed by atoms with van der Waals surface area (Å²) in [5, 5.41) is 0. The van der Waals surface area contributed by atoms with Crippen molar-refractivity contribution in [2.45, 2.75) is 13.3 Å². The predicted molar refractivity (Wildman–Crippen MR) is 49.3 cm³/mol. The molecule has 0 saturated carbocycles. The van der Waals surface area contributed by atoms with Crippen molar-refractivity contribution in [1.82, 2.24) is 9.38 Å². The minimum absolute atomic E-state index is 0.127. The monoisotopic (exact) mass is 197 g/mol. The van der Waals surface area contributed by atoms with E-state index in [2.05, 4.69) is 4.98 Å². The highest BCUT2D eigenvalue weighted by atomic mass is 19.3. The Balaban J connectivity index is 2.79. The van der Waals surface area contributed by atoms with Gasteiger partial charge in [0.1, 0.15) is 5.65 Å². The Labute approximate surface area is 79.2 Å². The van der Waals surface area contributed by atoms with Crippen molar-refractivity contribution in [1.29, 1.82) is 0 Å². The van der Waals surface area contributed by atoms with Crippen LogP contribution in [0.2, 0.25) is 0 Å². The Morgan fingerprint density at radius 1 is 1.43 bits per heavy atom. The molecule has 2 aromatic heterocycles. The third kappa shape index (κ3) is 1.30. The summed E-state index contributed by atoms with van der Waals surface area (Å²) in [5.74, 6) is 0. The highest BCUT2D eigenvalue weighted by Crippen LogP contribution is 2.25. The number of halogens is 2. The summed E-state index contributed by atoms with van der Waals surface area (Å²) in [4.78, 5) is 4.00. The Bertz CT molecular complexity index is 476. The zero-order valence-corrected chi connectivity index (χ0v) is 7.54. The fraction of sp³-hybridized carbons (Fsp3) is 0.222. The van der Waals surface area contributed by atoms with Gasteiger partial charge in [-0.05, 0) is 13.0 Å². The molecule has 0 amide bonds. The number of hydrogen-bond acceptors (Lipinski definition) is 2. The van der Waals surface area contributed by atoms with Gasteiger partial charge in [-0.3, -0.25) is 0 Å². The average Bonchev–Trinajstić information content (AvgIpc) is 2.42. The van der Waals surface area contributed by atoms with Gasteiger partial charge in [0.15, 0.2) is 0 Å². The zero-order chi connectivity index (χ0) is 10.3. The maximum absolute atomic E-state index is 12.6. The molecule has 0 aliphatic rings. The largest absolute Gasteiger partial charge is 0.398 e. The number of rotatable bonds is 1. The molecule has 2 aromatic rings. The molecule has 0 spiro atoms. The molecule has 2 heterocycles. The summed E-state index contributed by atoms with van der Waals surface area (Å²) in [7, 11) is 0. The maximum Gasteiger partial charge on any atom is 0.267 e. The summed E-state index contributed by atoms with van der Waals surface area (Å²) in [5.41, 5.74) is 6.64. The second-order valence-electron chi connectivity index (χ2n) is 3.14. The molecule has 0 saturated heterocycles. The van der Waals surface area contributed by atoms with Gasteiger partial charge in [0.05, 0.1) is 11.3 Å². The third-order valence-electron chi connectivity index (χ3n) is 1.96. The third-order valence-corrected chi connectivity index (χ3v) is 1.96. The van der Waals surface area contributed by atoms with Gasteiger partial charge in [-0.15, -0.1) is 0 Å². The first-order valence-corrected chi connectivity index (χ1v) is 4.11. The number of aryl methyl sites for hydroxylation is 1. The SMILES string of the molecule is Cc1cn2cc(N)cc(C(F)F)c2n1. The van der Waals surface area contributed by atoms with Crippen LogP contribution in [-0.2, 0) is 0 Å². The first kappa shape index (κ1) is 8.93. The first-order valence-electron chi connectivity index (χ1n) is 4.11. The zero-order valence-electron chi connectivity index (χ0n) is 7.54. The van der Waals surface area contributed by atoms with Crippen LogP contribution in [0.4, 0.5) is 14.5 Å². The number of fused-ring (bicyclic) bond motifs is 1. The number of pyridine rings is 1. The van der Waals surface area contributed by atoms with E-state index in [1.807, 2.05) is 0 Å². The number of aromatic nitrogens is 2. The molecule has 2 N–H and O–H groups in total. The van der Waals surface area contributed by atoms with Crippen LogP contribution in [0.25, 0.3) is 5.65 Å². The molecule has 0 atom stereocenters. The molecule has 5 heteroatoms. The average molecular weight is 197 g/mol. The molecule has 2 rings (SSSR count). The molecule has 0 aromatic carbocycles. The highest BCUT2D eigenvalue weighted by molar-refractivity contribution is 5.56. The summed E-state index contributed by atoms with van der Waals surface area (Å²) in [6.45, 7) is 1.75. The summed E-state index contributed by atoms with van der Waals surface area (Å²) < 4.78 is 26.7. The number of nitrogens with two attached hydrogens (primary N) is 1. The number of nitrogens with zero attached hydrogens (tertiary/aromatic N) is 2. The lowest BCUT2D eigenvalue weighted by Gasteiger charge is -2.03. The molecule has 0 unspecified atom stereocenters. The van der Waals surface area contributed by atoms with Gasteiger partial charge in [0.2, 0.25) is 0 Å². The van der Waals surface area contributed by atoms with Crippen molar-refractivity contribution >= 4 is 11.3 Å². The molecular weight excluding hydrogens is 188 g/mol. The van der Waals surface area contributed by atoms with Gasteiger partial charge in [-0.2, -0.15) is 0 Å². The molecule has 0 bridgehead atoms. The van der Waals surface area contributed by atoms with Crippen LogP contribution in [0.3, 0.4) is 0 Å². The van der Waals surface area contributed by atoms with Crippen LogP contribution >= 0.6 is 0 Å². The van der Waals surface area contributed by atoms with E-state index in [-0.39, 0.29) is 11.2 Å². The van der Waals surface area contributed by atoms with Crippen LogP contribution < -0.4 is 5.73 Å². The lowest BCUT2D eigenvalue weighted by molar-refractivity contribution is 0.152. The Kier molecular flexibility index (Phi) is 1.87. The number of nitrogen functional groups attached to an aromatic ring is 1. The summed E-state index contributed by atoms with van der Waals surface area (Å²) in [6, 6.07) is 1.26. The van der Waals surface area contributed by atoms with Crippen LogP contribution in [0.1, 0.15) is 17.7 Å². The first-order chi connectivity index (χ1) is 6.58. The van der Waals surface area contributed by atoms with E-state index < -0.39 is 6.43 Å². The fourth-order valence-corrected chi connectivity index (χ4v) is 1.43. The normalized spacial score (nSPS) is 11.4. The second-order valence-corrected chi connectivity index (χ2v) is 3.14. The van der Waals surface area contributed by atoms with Crippen molar-refractivity contribution in [2.24, 2.45) is 0 Å². The number of hydrogen-bond donors (Lipinski definition) is 1. The molecule has 14 heavy (non-hydrogen) atoms. The van der Waals surface area contributed by atoms with E-state index >= 15 is 0 Å². The van der Waals surface area contributed by atoms with Crippen LogP contribution in [0, 0.1) is 6.92 Å². The Morgan fingerprint density at radius 2 is 2.14 bits per heavy atom. The van der Waals surface area contributed by atoms with E-state index in [9.17, 15) is 8.78 Å². The van der Waals surface area contributed by atoms with Crippen molar-refractivity contribution in [3.63, 3.8) is 0 Å².